The van der Waals surface area contributed by atoms with Gasteiger partial charge >= 0.3 is 5.97 Å². The topological polar surface area (TPSA) is 35.5 Å². The van der Waals surface area contributed by atoms with Gasteiger partial charge in [0.15, 0.2) is 0 Å². The van der Waals surface area contributed by atoms with E-state index < -0.39 is 5.97 Å². The molecule has 0 spiro atoms. The lowest BCUT2D eigenvalue weighted by molar-refractivity contribution is -0.135. The molecular formula is C12H16O3. The summed E-state index contributed by atoms with van der Waals surface area (Å²) in [6, 6.07) is 0. The van der Waals surface area contributed by atoms with E-state index in [1.165, 1.54) is 13.2 Å². The van der Waals surface area contributed by atoms with Crippen molar-refractivity contribution in [3.8, 4) is 0 Å². The summed E-state index contributed by atoms with van der Waals surface area (Å²) < 4.78 is 9.83. The number of esters is 1. The summed E-state index contributed by atoms with van der Waals surface area (Å²) in [5.74, 6) is 0.792. The Balaban J connectivity index is 4.44. The van der Waals surface area contributed by atoms with E-state index in [1.54, 1.807) is 26.0 Å². The molecule has 0 aromatic rings. The average Bonchev–Trinajstić information content (AvgIpc) is 2.16. The highest BCUT2D eigenvalue weighted by Crippen LogP contribution is 2.08. The number of methoxy groups -OCH3 is 1. The first kappa shape index (κ1) is 13.2. The highest BCUT2D eigenvalue weighted by molar-refractivity contribution is 5.90. The Morgan fingerprint density at radius 1 is 1.27 bits per heavy atom. The fourth-order valence-electron chi connectivity index (χ4n) is 0.919. The molecule has 0 saturated heterocycles. The molecule has 3 nitrogen and oxygen atoms in total. The smallest absolute Gasteiger partial charge is 0.337 e. The van der Waals surface area contributed by atoms with E-state index in [0.717, 1.165) is 0 Å². The van der Waals surface area contributed by atoms with Gasteiger partial charge in [0.2, 0.25) is 0 Å². The Kier molecular flexibility index (Phi) is 5.86. The fraction of sp³-hybridized carbons (Fsp3) is 0.250. The lowest BCUT2D eigenvalue weighted by atomic mass is 10.3. The van der Waals surface area contributed by atoms with Crippen LogP contribution in [0, 0.1) is 0 Å². The van der Waals surface area contributed by atoms with E-state index in [4.69, 9.17) is 4.74 Å². The second-order valence-corrected chi connectivity index (χ2v) is 2.89. The maximum Gasteiger partial charge on any atom is 0.337 e. The Bertz CT molecular complexity index is 322. The summed E-state index contributed by atoms with van der Waals surface area (Å²) in [6.07, 6.45) is 4.86. The highest BCUT2D eigenvalue weighted by atomic mass is 16.5. The standard InChI is InChI=1S/C12H16O3/c1-6-7-10(3)15-11(4)8-9(2)12(13)14-5/h6-8H,1-2H2,3-5H3/b10-7+,11-8+. The van der Waals surface area contributed by atoms with Crippen LogP contribution in [0.25, 0.3) is 0 Å². The van der Waals surface area contributed by atoms with Crippen molar-refractivity contribution in [2.24, 2.45) is 0 Å². The van der Waals surface area contributed by atoms with Crippen LogP contribution in [-0.2, 0) is 14.3 Å². The molecule has 0 unspecified atom stereocenters. The normalized spacial score (nSPS) is 11.9. The van der Waals surface area contributed by atoms with Gasteiger partial charge < -0.3 is 9.47 Å². The minimum absolute atomic E-state index is 0.251. The summed E-state index contributed by atoms with van der Waals surface area (Å²) in [6.45, 7) is 10.6. The molecule has 0 heterocycles. The number of hydrogen-bond donors (Lipinski definition) is 0. The average molecular weight is 208 g/mol. The molecule has 0 aromatic carbocycles. The number of ether oxygens (including phenoxy) is 2. The first-order valence-electron chi connectivity index (χ1n) is 4.44. The Hall–Kier alpha value is -1.77. The molecule has 0 aliphatic carbocycles. The van der Waals surface area contributed by atoms with Crippen molar-refractivity contribution in [2.75, 3.05) is 7.11 Å². The largest absolute Gasteiger partial charge is 0.467 e. The van der Waals surface area contributed by atoms with Crippen molar-refractivity contribution in [1.29, 1.82) is 0 Å². The van der Waals surface area contributed by atoms with Crippen LogP contribution < -0.4 is 0 Å². The molecule has 15 heavy (non-hydrogen) atoms. The zero-order valence-corrected chi connectivity index (χ0v) is 9.37. The van der Waals surface area contributed by atoms with E-state index in [2.05, 4.69) is 17.9 Å². The lowest BCUT2D eigenvalue weighted by Gasteiger charge is -2.05. The van der Waals surface area contributed by atoms with Crippen molar-refractivity contribution >= 4 is 5.97 Å². The molecule has 0 rings (SSSR count). The number of carbonyl (C=O) groups excluding carboxylic acids is 1. The second-order valence-electron chi connectivity index (χ2n) is 2.89. The quantitative estimate of drug-likeness (QED) is 0.301. The Morgan fingerprint density at radius 3 is 2.33 bits per heavy atom. The summed E-state index contributed by atoms with van der Waals surface area (Å²) >= 11 is 0. The molecule has 0 aliphatic rings. The van der Waals surface area contributed by atoms with Crippen molar-refractivity contribution < 1.29 is 14.3 Å². The predicted octanol–water partition coefficient (Wildman–Crippen LogP) is 2.73. The molecule has 0 atom stereocenters. The van der Waals surface area contributed by atoms with E-state index >= 15 is 0 Å². The van der Waals surface area contributed by atoms with Gasteiger partial charge in [0, 0.05) is 0 Å². The van der Waals surface area contributed by atoms with Gasteiger partial charge in [-0.2, -0.15) is 0 Å². The van der Waals surface area contributed by atoms with E-state index in [1.807, 2.05) is 0 Å². The van der Waals surface area contributed by atoms with Crippen LogP contribution in [0.5, 0.6) is 0 Å². The summed E-state index contributed by atoms with van der Waals surface area (Å²) in [7, 11) is 1.31. The molecule has 0 amide bonds. The van der Waals surface area contributed by atoms with Gasteiger partial charge in [-0.3, -0.25) is 0 Å². The summed E-state index contributed by atoms with van der Waals surface area (Å²) in [5, 5.41) is 0. The minimum Gasteiger partial charge on any atom is -0.467 e. The first-order chi connectivity index (χ1) is 7.01. The van der Waals surface area contributed by atoms with Crippen molar-refractivity contribution in [1.82, 2.24) is 0 Å². The zero-order valence-electron chi connectivity index (χ0n) is 9.37. The van der Waals surface area contributed by atoms with E-state index in [-0.39, 0.29) is 5.57 Å². The molecule has 0 aromatic heterocycles. The zero-order chi connectivity index (χ0) is 11.8. The van der Waals surface area contributed by atoms with Crippen LogP contribution in [0.15, 0.2) is 48.5 Å². The number of hydrogen-bond acceptors (Lipinski definition) is 3. The maximum atomic E-state index is 11.0. The molecule has 0 N–H and O–H groups in total. The van der Waals surface area contributed by atoms with Gasteiger partial charge in [-0.1, -0.05) is 19.2 Å². The fourth-order valence-corrected chi connectivity index (χ4v) is 0.919. The van der Waals surface area contributed by atoms with Crippen LogP contribution in [0.4, 0.5) is 0 Å². The lowest BCUT2D eigenvalue weighted by Crippen LogP contribution is -2.02. The number of allylic oxidation sites excluding steroid dienone is 4. The van der Waals surface area contributed by atoms with Crippen molar-refractivity contribution in [3.05, 3.63) is 48.5 Å². The van der Waals surface area contributed by atoms with Crippen LogP contribution >= 0.6 is 0 Å². The van der Waals surface area contributed by atoms with Gasteiger partial charge in [0.1, 0.15) is 11.5 Å². The molecule has 0 fully saturated rings. The molecule has 82 valence electrons. The van der Waals surface area contributed by atoms with Crippen LogP contribution in [0.2, 0.25) is 0 Å². The summed E-state index contributed by atoms with van der Waals surface area (Å²) in [4.78, 5) is 11.0. The third-order valence-corrected chi connectivity index (χ3v) is 1.50. The number of rotatable bonds is 5. The molecule has 0 saturated carbocycles. The predicted molar refractivity (Wildman–Crippen MR) is 60.0 cm³/mol. The molecule has 0 radical (unpaired) electrons. The molecular weight excluding hydrogens is 192 g/mol. The molecule has 0 bridgehead atoms. The van der Waals surface area contributed by atoms with E-state index in [0.29, 0.717) is 11.5 Å². The third kappa shape index (κ3) is 5.52. The van der Waals surface area contributed by atoms with Gasteiger partial charge in [-0.05, 0) is 26.0 Å². The van der Waals surface area contributed by atoms with E-state index in [9.17, 15) is 4.79 Å². The number of carbonyl (C=O) groups is 1. The van der Waals surface area contributed by atoms with Crippen molar-refractivity contribution in [3.63, 3.8) is 0 Å². The van der Waals surface area contributed by atoms with Crippen LogP contribution in [0.3, 0.4) is 0 Å². The molecule has 0 aliphatic heterocycles. The van der Waals surface area contributed by atoms with Crippen LogP contribution in [0.1, 0.15) is 13.8 Å². The van der Waals surface area contributed by atoms with Gasteiger partial charge in [-0.25, -0.2) is 4.79 Å². The SMILES string of the molecule is C=C/C=C(\C)O/C(C)=C/C(=C)C(=O)OC. The molecule has 3 heteroatoms. The third-order valence-electron chi connectivity index (χ3n) is 1.50. The first-order valence-corrected chi connectivity index (χ1v) is 4.44. The minimum atomic E-state index is -0.469. The van der Waals surface area contributed by atoms with Crippen LogP contribution in [-0.4, -0.2) is 13.1 Å². The second kappa shape index (κ2) is 6.65. The summed E-state index contributed by atoms with van der Waals surface area (Å²) in [5.41, 5.74) is 0.251. The Labute approximate surface area is 90.4 Å². The van der Waals surface area contributed by atoms with Crippen molar-refractivity contribution in [2.45, 2.75) is 13.8 Å². The highest BCUT2D eigenvalue weighted by Gasteiger charge is 2.04. The van der Waals surface area contributed by atoms with Gasteiger partial charge in [-0.15, -0.1) is 0 Å². The van der Waals surface area contributed by atoms with Gasteiger partial charge in [0.25, 0.3) is 0 Å². The Morgan fingerprint density at radius 2 is 1.87 bits per heavy atom. The monoisotopic (exact) mass is 208 g/mol. The maximum absolute atomic E-state index is 11.0. The van der Waals surface area contributed by atoms with Gasteiger partial charge in [0.05, 0.1) is 12.7 Å².